The molecule has 3 aromatic heterocycles. The number of aliphatic hydroxyl groups excluding tert-OH is 1. The number of allylic oxidation sites excluding steroid dienone is 1. The molecule has 0 saturated heterocycles. The van der Waals surface area contributed by atoms with E-state index in [1.807, 2.05) is 12.1 Å². The topological polar surface area (TPSA) is 153 Å². The first-order chi connectivity index (χ1) is 13.1. The maximum atomic E-state index is 8.84. The van der Waals surface area contributed by atoms with Crippen LogP contribution in [0.15, 0.2) is 41.0 Å². The van der Waals surface area contributed by atoms with E-state index in [9.17, 15) is 0 Å². The molecule has 0 unspecified atom stereocenters. The molecule has 0 radical (unpaired) electrons. The van der Waals surface area contributed by atoms with E-state index in [2.05, 4.69) is 19.9 Å². The largest absolute Gasteiger partial charge is 0.404 e. The number of hydrogen-bond donors (Lipinski definition) is 4. The van der Waals surface area contributed by atoms with E-state index in [0.29, 0.717) is 29.3 Å². The third-order valence-electron chi connectivity index (χ3n) is 3.70. The number of nitrogen functional groups attached to an aromatic ring is 1. The fraction of sp³-hybridized carbons (Fsp3) is 0.176. The molecule has 0 fully saturated rings. The second-order valence-electron chi connectivity index (χ2n) is 5.60. The minimum atomic E-state index is -0.0392. The van der Waals surface area contributed by atoms with Gasteiger partial charge in [-0.3, -0.25) is 10.0 Å². The van der Waals surface area contributed by atoms with Crippen LogP contribution < -0.4 is 22.3 Å². The van der Waals surface area contributed by atoms with Crippen LogP contribution in [-0.2, 0) is 6.54 Å². The van der Waals surface area contributed by atoms with E-state index < -0.39 is 0 Å². The van der Waals surface area contributed by atoms with Crippen LogP contribution in [0, 0.1) is 0 Å². The van der Waals surface area contributed by atoms with E-state index in [1.165, 1.54) is 22.5 Å². The van der Waals surface area contributed by atoms with Crippen LogP contribution in [0.5, 0.6) is 0 Å². The number of nitrogens with zero attached hydrogens (tertiary/aromatic N) is 5. The number of anilines is 2. The van der Waals surface area contributed by atoms with Crippen molar-refractivity contribution in [1.82, 2.24) is 15.0 Å². The zero-order valence-corrected chi connectivity index (χ0v) is 15.3. The summed E-state index contributed by atoms with van der Waals surface area (Å²) < 4.78 is 0. The van der Waals surface area contributed by atoms with Crippen LogP contribution in [0.1, 0.15) is 11.4 Å². The summed E-state index contributed by atoms with van der Waals surface area (Å²) in [6.07, 6.45) is 2.95. The Bertz CT molecular complexity index is 984. The smallest absolute Gasteiger partial charge is 0.166 e. The lowest BCUT2D eigenvalue weighted by Gasteiger charge is -2.19. The van der Waals surface area contributed by atoms with Crippen molar-refractivity contribution in [3.8, 4) is 0 Å². The van der Waals surface area contributed by atoms with Crippen molar-refractivity contribution in [3.63, 3.8) is 0 Å². The van der Waals surface area contributed by atoms with Gasteiger partial charge in [-0.05, 0) is 24.3 Å². The Balaban J connectivity index is 1.84. The molecular formula is C17H20N8OS. The Kier molecular flexibility index (Phi) is 5.91. The highest BCUT2D eigenvalue weighted by atomic mass is 32.1. The summed E-state index contributed by atoms with van der Waals surface area (Å²) in [4.78, 5) is 18.2. The molecule has 3 heterocycles. The van der Waals surface area contributed by atoms with Gasteiger partial charge in [-0.15, -0.1) is 11.3 Å². The van der Waals surface area contributed by atoms with Crippen LogP contribution in [0.2, 0.25) is 0 Å². The van der Waals surface area contributed by atoms with Gasteiger partial charge in [0.05, 0.1) is 47.8 Å². The fourth-order valence-corrected chi connectivity index (χ4v) is 3.07. The zero-order valence-electron chi connectivity index (χ0n) is 14.5. The Morgan fingerprint density at radius 3 is 2.89 bits per heavy atom. The number of fused-ring (bicyclic) bond motifs is 1. The third-order valence-corrected chi connectivity index (χ3v) is 4.43. The van der Waals surface area contributed by atoms with Crippen LogP contribution in [0.25, 0.3) is 15.9 Å². The van der Waals surface area contributed by atoms with Gasteiger partial charge in [-0.1, -0.05) is 0 Å². The molecule has 140 valence electrons. The zero-order chi connectivity index (χ0) is 19.2. The molecule has 0 saturated carbocycles. The lowest BCUT2D eigenvalue weighted by Crippen LogP contribution is -2.32. The van der Waals surface area contributed by atoms with Gasteiger partial charge in [0.2, 0.25) is 0 Å². The highest BCUT2D eigenvalue weighted by Gasteiger charge is 2.13. The Labute approximate surface area is 159 Å². The average Bonchev–Trinajstić information content (AvgIpc) is 3.14. The second kappa shape index (κ2) is 8.54. The molecule has 0 bridgehead atoms. The number of thiazole rings is 1. The second-order valence-corrected chi connectivity index (χ2v) is 6.43. The summed E-state index contributed by atoms with van der Waals surface area (Å²) in [6.45, 7) is 0.575. The Morgan fingerprint density at radius 1 is 1.26 bits per heavy atom. The van der Waals surface area contributed by atoms with E-state index in [0.717, 1.165) is 16.0 Å². The lowest BCUT2D eigenvalue weighted by molar-refractivity contribution is 0.307. The Hall–Kier alpha value is -3.08. The highest BCUT2D eigenvalue weighted by molar-refractivity contribution is 7.16. The molecule has 7 N–H and O–H groups in total. The van der Waals surface area contributed by atoms with Gasteiger partial charge >= 0.3 is 0 Å². The van der Waals surface area contributed by atoms with E-state index in [1.54, 1.807) is 23.9 Å². The third kappa shape index (κ3) is 4.37. The number of pyridine rings is 2. The van der Waals surface area contributed by atoms with Crippen molar-refractivity contribution in [1.29, 1.82) is 0 Å². The lowest BCUT2D eigenvalue weighted by atomic mass is 10.2. The van der Waals surface area contributed by atoms with Gasteiger partial charge in [0, 0.05) is 18.0 Å². The number of nitrogens with two attached hydrogens (primary N) is 3. The molecule has 9 nitrogen and oxygen atoms in total. The first-order valence-corrected chi connectivity index (χ1v) is 9.01. The van der Waals surface area contributed by atoms with Crippen molar-refractivity contribution in [3.05, 3.63) is 47.4 Å². The van der Waals surface area contributed by atoms with Gasteiger partial charge in [-0.2, -0.15) is 0 Å². The predicted octanol–water partition coefficient (Wildman–Crippen LogP) is 0.912. The number of aliphatic imine (C=N–C) groups is 1. The van der Waals surface area contributed by atoms with Crippen LogP contribution >= 0.6 is 11.3 Å². The summed E-state index contributed by atoms with van der Waals surface area (Å²) in [5.74, 6) is 6.61. The van der Waals surface area contributed by atoms with Gasteiger partial charge in [0.25, 0.3) is 0 Å². The number of aliphatic hydroxyl groups is 1. The normalized spacial score (nSPS) is 12.1. The van der Waals surface area contributed by atoms with Crippen LogP contribution in [-0.4, -0.2) is 39.4 Å². The maximum Gasteiger partial charge on any atom is 0.166 e. The summed E-state index contributed by atoms with van der Waals surface area (Å²) in [7, 11) is 0. The van der Waals surface area contributed by atoms with Crippen molar-refractivity contribution in [2.24, 2.45) is 16.6 Å². The van der Waals surface area contributed by atoms with Gasteiger partial charge < -0.3 is 16.6 Å². The molecule has 0 aliphatic carbocycles. The number of hydrogen-bond acceptors (Lipinski definition) is 10. The first kappa shape index (κ1) is 18.7. The molecule has 0 amide bonds. The predicted molar refractivity (Wildman–Crippen MR) is 109 cm³/mol. The van der Waals surface area contributed by atoms with Crippen molar-refractivity contribution in [2.75, 3.05) is 23.9 Å². The number of rotatable bonds is 7. The molecular weight excluding hydrogens is 364 g/mol. The molecule has 0 aromatic carbocycles. The molecule has 10 heteroatoms. The summed E-state index contributed by atoms with van der Waals surface area (Å²) in [6, 6.07) is 7.22. The van der Waals surface area contributed by atoms with Crippen molar-refractivity contribution < 1.29 is 5.11 Å². The Morgan fingerprint density at radius 2 is 2.11 bits per heavy atom. The summed E-state index contributed by atoms with van der Waals surface area (Å²) in [5, 5.41) is 10.3. The summed E-state index contributed by atoms with van der Waals surface area (Å²) in [5.41, 5.74) is 16.7. The SMILES string of the molecule is NC=C(C=NCCO)c1ccc(N)c(N(N)Cc2ccc3ncsc3n2)n1. The highest BCUT2D eigenvalue weighted by Crippen LogP contribution is 2.23. The van der Waals surface area contributed by atoms with Crippen molar-refractivity contribution >= 4 is 45.0 Å². The molecule has 27 heavy (non-hydrogen) atoms. The minimum absolute atomic E-state index is 0.0392. The van der Waals surface area contributed by atoms with Gasteiger partial charge in [0.1, 0.15) is 4.83 Å². The standard InChI is InChI=1S/C17H20N8OS/c18-7-11(8-21-5-6-26)14-4-2-13(19)16(24-14)25(20)9-12-1-3-15-17(23-12)27-10-22-15/h1-4,7-8,10,26H,5-6,9,18-20H2. The van der Waals surface area contributed by atoms with Gasteiger partial charge in [-0.25, -0.2) is 20.8 Å². The minimum Gasteiger partial charge on any atom is -0.404 e. The van der Waals surface area contributed by atoms with Crippen LogP contribution in [0.4, 0.5) is 11.5 Å². The summed E-state index contributed by atoms with van der Waals surface area (Å²) >= 11 is 1.47. The van der Waals surface area contributed by atoms with Gasteiger partial charge in [0.15, 0.2) is 5.82 Å². The monoisotopic (exact) mass is 384 g/mol. The average molecular weight is 384 g/mol. The van der Waals surface area contributed by atoms with Crippen LogP contribution in [0.3, 0.4) is 0 Å². The molecule has 0 aliphatic heterocycles. The number of hydrazine groups is 1. The van der Waals surface area contributed by atoms with Crippen molar-refractivity contribution in [2.45, 2.75) is 6.54 Å². The molecule has 0 atom stereocenters. The first-order valence-electron chi connectivity index (χ1n) is 8.13. The maximum absolute atomic E-state index is 8.84. The fourth-order valence-electron chi connectivity index (χ4n) is 2.39. The van der Waals surface area contributed by atoms with E-state index in [-0.39, 0.29) is 13.2 Å². The molecule has 0 spiro atoms. The number of aromatic nitrogens is 3. The molecule has 0 aliphatic rings. The quantitative estimate of drug-likeness (QED) is 0.266. The molecule has 3 aromatic rings. The van der Waals surface area contributed by atoms with E-state index >= 15 is 0 Å². The molecule has 3 rings (SSSR count). The van der Waals surface area contributed by atoms with E-state index in [4.69, 9.17) is 22.4 Å².